The van der Waals surface area contributed by atoms with E-state index in [2.05, 4.69) is 28.9 Å². The minimum atomic E-state index is -4.66. The maximum Gasteiger partial charge on any atom is 0.573 e. The first-order valence-corrected chi connectivity index (χ1v) is 7.15. The van der Waals surface area contributed by atoms with Crippen LogP contribution in [0.25, 0.3) is 0 Å². The molecule has 0 atom stereocenters. The Morgan fingerprint density at radius 2 is 1.87 bits per heavy atom. The van der Waals surface area contributed by atoms with Gasteiger partial charge in [0.15, 0.2) is 5.96 Å². The zero-order valence-corrected chi connectivity index (χ0v) is 15.5. The number of nitrogens with two attached hydrogens (primary N) is 1. The molecule has 1 aromatic carbocycles. The van der Waals surface area contributed by atoms with Crippen molar-refractivity contribution in [3.8, 4) is 5.75 Å². The van der Waals surface area contributed by atoms with Crippen LogP contribution in [0.4, 0.5) is 13.2 Å². The van der Waals surface area contributed by atoms with Gasteiger partial charge in [-0.25, -0.2) is 0 Å². The lowest BCUT2D eigenvalue weighted by Gasteiger charge is -2.10. The van der Waals surface area contributed by atoms with Crippen LogP contribution in [0.2, 0.25) is 0 Å². The number of benzene rings is 1. The first-order valence-electron chi connectivity index (χ1n) is 7.15. The van der Waals surface area contributed by atoms with Crippen molar-refractivity contribution in [1.82, 2.24) is 5.32 Å². The lowest BCUT2D eigenvalue weighted by Crippen LogP contribution is -2.33. The number of aliphatic imine (C=N–C) groups is 1. The predicted molar refractivity (Wildman–Crippen MR) is 96.2 cm³/mol. The Kier molecular flexibility index (Phi) is 10.0. The van der Waals surface area contributed by atoms with Crippen LogP contribution < -0.4 is 15.8 Å². The van der Waals surface area contributed by atoms with E-state index in [1.54, 1.807) is 12.1 Å². The molecule has 8 heteroatoms. The van der Waals surface area contributed by atoms with E-state index in [4.69, 9.17) is 5.73 Å². The highest BCUT2D eigenvalue weighted by Crippen LogP contribution is 2.22. The van der Waals surface area contributed by atoms with Crippen LogP contribution in [0.1, 0.15) is 25.8 Å². The van der Waals surface area contributed by atoms with Crippen LogP contribution in [-0.2, 0) is 6.42 Å². The van der Waals surface area contributed by atoms with Crippen molar-refractivity contribution in [2.45, 2.75) is 33.1 Å². The Labute approximate surface area is 151 Å². The zero-order valence-electron chi connectivity index (χ0n) is 13.2. The fourth-order valence-corrected chi connectivity index (χ4v) is 1.69. The summed E-state index contributed by atoms with van der Waals surface area (Å²) in [5.41, 5.74) is 6.60. The number of ether oxygens (including phenoxy) is 1. The molecule has 0 aliphatic rings. The van der Waals surface area contributed by atoms with Crippen molar-refractivity contribution in [2.24, 2.45) is 16.6 Å². The Balaban J connectivity index is 0.00000484. The van der Waals surface area contributed by atoms with Gasteiger partial charge in [-0.3, -0.25) is 4.99 Å². The summed E-state index contributed by atoms with van der Waals surface area (Å²) in [5.74, 6) is 0.741. The van der Waals surface area contributed by atoms with Gasteiger partial charge in [-0.2, -0.15) is 0 Å². The number of halogens is 4. The van der Waals surface area contributed by atoms with Gasteiger partial charge < -0.3 is 15.8 Å². The number of nitrogens with one attached hydrogen (secondary N) is 1. The van der Waals surface area contributed by atoms with Gasteiger partial charge in [0.1, 0.15) is 5.75 Å². The third-order valence-corrected chi connectivity index (χ3v) is 2.87. The second-order valence-corrected chi connectivity index (χ2v) is 5.32. The highest BCUT2D eigenvalue weighted by atomic mass is 127. The summed E-state index contributed by atoms with van der Waals surface area (Å²) in [7, 11) is 0. The van der Waals surface area contributed by atoms with Crippen molar-refractivity contribution in [3.63, 3.8) is 0 Å². The summed E-state index contributed by atoms with van der Waals surface area (Å²) in [6, 6.07) is 5.77. The van der Waals surface area contributed by atoms with Crippen LogP contribution in [0.15, 0.2) is 29.3 Å². The molecular weight excluding hydrogens is 422 g/mol. The SMILES string of the molecule is CC(C)CCN=C(N)NCCc1ccc(OC(F)(F)F)cc1.I. The predicted octanol–water partition coefficient (Wildman–Crippen LogP) is 3.70. The van der Waals surface area contributed by atoms with Gasteiger partial charge in [0.05, 0.1) is 0 Å². The lowest BCUT2D eigenvalue weighted by atomic mass is 10.1. The van der Waals surface area contributed by atoms with Gasteiger partial charge in [0, 0.05) is 13.1 Å². The van der Waals surface area contributed by atoms with E-state index in [9.17, 15) is 13.2 Å². The summed E-state index contributed by atoms with van der Waals surface area (Å²) < 4.78 is 39.9. The summed E-state index contributed by atoms with van der Waals surface area (Å²) >= 11 is 0. The van der Waals surface area contributed by atoms with Crippen molar-refractivity contribution >= 4 is 29.9 Å². The normalized spacial score (nSPS) is 12.0. The maximum atomic E-state index is 12.0. The molecule has 4 nitrogen and oxygen atoms in total. The van der Waals surface area contributed by atoms with Crippen molar-refractivity contribution < 1.29 is 17.9 Å². The average Bonchev–Trinajstić information content (AvgIpc) is 2.38. The van der Waals surface area contributed by atoms with E-state index in [1.165, 1.54) is 12.1 Å². The van der Waals surface area contributed by atoms with Crippen LogP contribution in [-0.4, -0.2) is 25.4 Å². The number of nitrogens with zero attached hydrogens (tertiary/aromatic N) is 1. The Morgan fingerprint density at radius 3 is 2.39 bits per heavy atom. The fourth-order valence-electron chi connectivity index (χ4n) is 1.69. The van der Waals surface area contributed by atoms with Gasteiger partial charge >= 0.3 is 6.36 Å². The highest BCUT2D eigenvalue weighted by Gasteiger charge is 2.30. The molecule has 0 fully saturated rings. The quantitative estimate of drug-likeness (QED) is 0.383. The monoisotopic (exact) mass is 445 g/mol. The molecule has 0 aliphatic heterocycles. The molecular formula is C15H23F3IN3O. The molecule has 3 N–H and O–H groups in total. The van der Waals surface area contributed by atoms with Gasteiger partial charge in [0.2, 0.25) is 0 Å². The number of hydrogen-bond acceptors (Lipinski definition) is 2. The number of alkyl halides is 3. The Hall–Kier alpha value is -1.19. The van der Waals surface area contributed by atoms with Gasteiger partial charge in [-0.05, 0) is 36.5 Å². The van der Waals surface area contributed by atoms with Crippen LogP contribution >= 0.6 is 24.0 Å². The first-order chi connectivity index (χ1) is 10.3. The lowest BCUT2D eigenvalue weighted by molar-refractivity contribution is -0.274. The maximum absolute atomic E-state index is 12.0. The topological polar surface area (TPSA) is 59.6 Å². The molecule has 0 aliphatic carbocycles. The molecule has 0 aromatic heterocycles. The molecule has 0 heterocycles. The molecule has 1 aromatic rings. The van der Waals surface area contributed by atoms with Crippen LogP contribution in [0.5, 0.6) is 5.75 Å². The number of hydrogen-bond donors (Lipinski definition) is 2. The average molecular weight is 445 g/mol. The summed E-state index contributed by atoms with van der Waals surface area (Å²) in [6.07, 6.45) is -3.06. The first kappa shape index (κ1) is 21.8. The highest BCUT2D eigenvalue weighted by molar-refractivity contribution is 14.0. The van der Waals surface area contributed by atoms with Crippen LogP contribution in [0.3, 0.4) is 0 Å². The largest absolute Gasteiger partial charge is 0.573 e. The minimum absolute atomic E-state index is 0. The van der Waals surface area contributed by atoms with Gasteiger partial charge in [0.25, 0.3) is 0 Å². The van der Waals surface area contributed by atoms with E-state index in [-0.39, 0.29) is 29.7 Å². The molecule has 0 amide bonds. The number of rotatable bonds is 7. The smallest absolute Gasteiger partial charge is 0.406 e. The van der Waals surface area contributed by atoms with E-state index in [0.717, 1.165) is 12.0 Å². The summed E-state index contributed by atoms with van der Waals surface area (Å²) in [5, 5.41) is 2.97. The minimum Gasteiger partial charge on any atom is -0.406 e. The molecule has 1 rings (SSSR count). The van der Waals surface area contributed by atoms with E-state index in [0.29, 0.717) is 31.4 Å². The molecule has 0 bridgehead atoms. The third-order valence-electron chi connectivity index (χ3n) is 2.87. The second kappa shape index (κ2) is 10.6. The zero-order chi connectivity index (χ0) is 16.6. The van der Waals surface area contributed by atoms with Crippen molar-refractivity contribution in [2.75, 3.05) is 13.1 Å². The van der Waals surface area contributed by atoms with Gasteiger partial charge in [-0.15, -0.1) is 37.1 Å². The Bertz CT molecular complexity index is 476. The third kappa shape index (κ3) is 11.1. The number of guanidine groups is 1. The molecule has 0 radical (unpaired) electrons. The van der Waals surface area contributed by atoms with E-state index < -0.39 is 6.36 Å². The fraction of sp³-hybridized carbons (Fsp3) is 0.533. The Morgan fingerprint density at radius 1 is 1.26 bits per heavy atom. The summed E-state index contributed by atoms with van der Waals surface area (Å²) in [4.78, 5) is 4.19. The second-order valence-electron chi connectivity index (χ2n) is 5.32. The van der Waals surface area contributed by atoms with Gasteiger partial charge in [-0.1, -0.05) is 26.0 Å². The molecule has 23 heavy (non-hydrogen) atoms. The molecule has 0 spiro atoms. The van der Waals surface area contributed by atoms with Crippen molar-refractivity contribution in [3.05, 3.63) is 29.8 Å². The standard InChI is InChI=1S/C15H22F3N3O.HI/c1-11(2)7-9-20-14(19)21-10-8-12-3-5-13(6-4-12)22-15(16,17)18;/h3-6,11H,7-10H2,1-2H3,(H3,19,20,21);1H. The summed E-state index contributed by atoms with van der Waals surface area (Å²) in [6.45, 7) is 5.48. The van der Waals surface area contributed by atoms with Crippen LogP contribution in [0, 0.1) is 5.92 Å². The van der Waals surface area contributed by atoms with E-state index >= 15 is 0 Å². The van der Waals surface area contributed by atoms with E-state index in [1.807, 2.05) is 0 Å². The molecule has 0 saturated carbocycles. The van der Waals surface area contributed by atoms with Crippen molar-refractivity contribution in [1.29, 1.82) is 0 Å². The molecule has 0 saturated heterocycles. The molecule has 0 unspecified atom stereocenters. The molecule has 132 valence electrons.